The Morgan fingerprint density at radius 3 is 2.52 bits per heavy atom. The Morgan fingerprint density at radius 2 is 1.90 bits per heavy atom. The van der Waals surface area contributed by atoms with Crippen molar-refractivity contribution < 1.29 is 9.66 Å². The highest BCUT2D eigenvalue weighted by atomic mass is 16.6. The van der Waals surface area contributed by atoms with Gasteiger partial charge in [-0.2, -0.15) is 0 Å². The van der Waals surface area contributed by atoms with Crippen LogP contribution in [0.25, 0.3) is 0 Å². The summed E-state index contributed by atoms with van der Waals surface area (Å²) in [5.74, 6) is 1.18. The van der Waals surface area contributed by atoms with Crippen molar-refractivity contribution in [1.82, 2.24) is 5.32 Å². The molecule has 0 radical (unpaired) electrons. The number of nitro groups is 1. The van der Waals surface area contributed by atoms with Gasteiger partial charge in [0.25, 0.3) is 5.69 Å². The molecule has 1 N–H and O–H groups in total. The minimum Gasteiger partial charge on any atom is -0.457 e. The van der Waals surface area contributed by atoms with Crippen LogP contribution < -0.4 is 10.1 Å². The van der Waals surface area contributed by atoms with Gasteiger partial charge in [0, 0.05) is 12.6 Å². The van der Waals surface area contributed by atoms with Crippen LogP contribution in [-0.2, 0) is 6.54 Å². The van der Waals surface area contributed by atoms with E-state index in [1.54, 1.807) is 6.07 Å². The fraction of sp³-hybridized carbons (Fsp3) is 0.250. The second kappa shape index (κ2) is 6.37. The SMILES string of the molecule is CNCc1ccc(Oc2cc([N+](=O)[O-])ccc2C)cc1C. The van der Waals surface area contributed by atoms with Gasteiger partial charge in [-0.1, -0.05) is 6.07 Å². The number of aryl methyl sites for hydroxylation is 2. The number of nitro benzene ring substituents is 1. The van der Waals surface area contributed by atoms with Crippen LogP contribution in [-0.4, -0.2) is 12.0 Å². The van der Waals surface area contributed by atoms with Crippen molar-refractivity contribution in [3.05, 3.63) is 63.2 Å². The second-order valence-corrected chi connectivity index (χ2v) is 4.93. The largest absolute Gasteiger partial charge is 0.457 e. The van der Waals surface area contributed by atoms with Gasteiger partial charge in [-0.05, 0) is 55.8 Å². The predicted octanol–water partition coefficient (Wildman–Crippen LogP) is 3.72. The second-order valence-electron chi connectivity index (χ2n) is 4.93. The lowest BCUT2D eigenvalue weighted by atomic mass is 10.1. The van der Waals surface area contributed by atoms with Crippen molar-refractivity contribution in [3.63, 3.8) is 0 Å². The summed E-state index contributed by atoms with van der Waals surface area (Å²) in [6.07, 6.45) is 0. The molecule has 0 aliphatic heterocycles. The Kier molecular flexibility index (Phi) is 4.55. The highest BCUT2D eigenvalue weighted by Crippen LogP contribution is 2.29. The Balaban J connectivity index is 2.27. The number of benzene rings is 2. The first-order valence-corrected chi connectivity index (χ1v) is 6.68. The molecule has 5 nitrogen and oxygen atoms in total. The molecule has 0 saturated heterocycles. The van der Waals surface area contributed by atoms with Crippen LogP contribution in [0.3, 0.4) is 0 Å². The topological polar surface area (TPSA) is 64.4 Å². The number of rotatable bonds is 5. The monoisotopic (exact) mass is 286 g/mol. The molecule has 0 spiro atoms. The van der Waals surface area contributed by atoms with E-state index in [0.717, 1.165) is 17.7 Å². The van der Waals surface area contributed by atoms with Gasteiger partial charge in [0.1, 0.15) is 11.5 Å². The third-order valence-electron chi connectivity index (χ3n) is 3.29. The summed E-state index contributed by atoms with van der Waals surface area (Å²) < 4.78 is 5.79. The van der Waals surface area contributed by atoms with Crippen LogP contribution in [0.2, 0.25) is 0 Å². The molecule has 0 aromatic heterocycles. The Bertz CT molecular complexity index is 669. The summed E-state index contributed by atoms with van der Waals surface area (Å²) in [5.41, 5.74) is 3.20. The molecule has 21 heavy (non-hydrogen) atoms. The van der Waals surface area contributed by atoms with E-state index < -0.39 is 4.92 Å². The molecular weight excluding hydrogens is 268 g/mol. The van der Waals surface area contributed by atoms with Crippen molar-refractivity contribution in [2.45, 2.75) is 20.4 Å². The van der Waals surface area contributed by atoms with E-state index in [0.29, 0.717) is 11.5 Å². The lowest BCUT2D eigenvalue weighted by Gasteiger charge is -2.11. The zero-order valence-corrected chi connectivity index (χ0v) is 12.3. The van der Waals surface area contributed by atoms with Crippen molar-refractivity contribution in [2.75, 3.05) is 7.05 Å². The molecule has 0 heterocycles. The van der Waals surface area contributed by atoms with E-state index >= 15 is 0 Å². The van der Waals surface area contributed by atoms with Gasteiger partial charge in [-0.3, -0.25) is 10.1 Å². The van der Waals surface area contributed by atoms with Gasteiger partial charge in [-0.15, -0.1) is 0 Å². The minimum absolute atomic E-state index is 0.0270. The van der Waals surface area contributed by atoms with E-state index in [9.17, 15) is 10.1 Å². The van der Waals surface area contributed by atoms with E-state index in [2.05, 4.69) is 5.32 Å². The average molecular weight is 286 g/mol. The maximum atomic E-state index is 10.8. The van der Waals surface area contributed by atoms with Crippen LogP contribution in [0.4, 0.5) is 5.69 Å². The molecule has 2 rings (SSSR count). The Labute approximate surface area is 123 Å². The first-order valence-electron chi connectivity index (χ1n) is 6.68. The zero-order chi connectivity index (χ0) is 15.4. The maximum absolute atomic E-state index is 10.8. The average Bonchev–Trinajstić information content (AvgIpc) is 2.44. The Hall–Kier alpha value is -2.40. The van der Waals surface area contributed by atoms with E-state index in [4.69, 9.17) is 4.74 Å². The predicted molar refractivity (Wildman–Crippen MR) is 81.9 cm³/mol. The van der Waals surface area contributed by atoms with Gasteiger partial charge < -0.3 is 10.1 Å². The summed E-state index contributed by atoms with van der Waals surface area (Å²) in [5, 5.41) is 13.9. The number of non-ortho nitro benzene ring substituents is 1. The number of nitrogens with one attached hydrogen (secondary N) is 1. The zero-order valence-electron chi connectivity index (χ0n) is 12.3. The highest BCUT2D eigenvalue weighted by Gasteiger charge is 2.10. The lowest BCUT2D eigenvalue weighted by molar-refractivity contribution is -0.384. The molecule has 0 aliphatic rings. The summed E-state index contributed by atoms with van der Waals surface area (Å²) in [4.78, 5) is 10.4. The van der Waals surface area contributed by atoms with Crippen LogP contribution in [0, 0.1) is 24.0 Å². The minimum atomic E-state index is -0.423. The molecule has 0 aliphatic carbocycles. The molecule has 0 bridgehead atoms. The fourth-order valence-corrected chi connectivity index (χ4v) is 2.06. The van der Waals surface area contributed by atoms with E-state index in [-0.39, 0.29) is 5.69 Å². The standard InChI is InChI=1S/C16H18N2O3/c1-11-4-6-14(18(19)20)9-16(11)21-15-7-5-13(10-17-3)12(2)8-15/h4-9,17H,10H2,1-3H3. The molecule has 0 atom stereocenters. The first kappa shape index (κ1) is 15.0. The molecule has 2 aromatic rings. The molecule has 0 saturated carbocycles. The normalized spacial score (nSPS) is 10.4. The Morgan fingerprint density at radius 1 is 1.14 bits per heavy atom. The molecule has 0 amide bonds. The summed E-state index contributed by atoms with van der Waals surface area (Å²) >= 11 is 0. The molecule has 5 heteroatoms. The third-order valence-corrected chi connectivity index (χ3v) is 3.29. The van der Waals surface area contributed by atoms with Crippen molar-refractivity contribution in [2.24, 2.45) is 0 Å². The number of hydrogen-bond donors (Lipinski definition) is 1. The maximum Gasteiger partial charge on any atom is 0.273 e. The van der Waals surface area contributed by atoms with Crippen LogP contribution in [0.1, 0.15) is 16.7 Å². The van der Waals surface area contributed by atoms with Crippen molar-refractivity contribution in [1.29, 1.82) is 0 Å². The van der Waals surface area contributed by atoms with Crippen molar-refractivity contribution >= 4 is 5.69 Å². The lowest BCUT2D eigenvalue weighted by Crippen LogP contribution is -2.06. The van der Waals surface area contributed by atoms with E-state index in [1.165, 1.54) is 17.7 Å². The summed E-state index contributed by atoms with van der Waals surface area (Å²) in [6, 6.07) is 10.4. The van der Waals surface area contributed by atoms with Gasteiger partial charge in [0.05, 0.1) is 11.0 Å². The van der Waals surface area contributed by atoms with Gasteiger partial charge >= 0.3 is 0 Å². The summed E-state index contributed by atoms with van der Waals surface area (Å²) in [6.45, 7) is 4.67. The van der Waals surface area contributed by atoms with Crippen LogP contribution in [0.5, 0.6) is 11.5 Å². The smallest absolute Gasteiger partial charge is 0.273 e. The number of hydrogen-bond acceptors (Lipinski definition) is 4. The molecule has 2 aromatic carbocycles. The third kappa shape index (κ3) is 3.58. The molecule has 0 fully saturated rings. The highest BCUT2D eigenvalue weighted by molar-refractivity contribution is 5.46. The van der Waals surface area contributed by atoms with Crippen LogP contribution >= 0.6 is 0 Å². The molecule has 110 valence electrons. The first-order chi connectivity index (χ1) is 10.0. The van der Waals surface area contributed by atoms with Crippen LogP contribution in [0.15, 0.2) is 36.4 Å². The van der Waals surface area contributed by atoms with Gasteiger partial charge in [-0.25, -0.2) is 0 Å². The molecular formula is C16H18N2O3. The number of nitrogens with zero attached hydrogens (tertiary/aromatic N) is 1. The van der Waals surface area contributed by atoms with E-state index in [1.807, 2.05) is 39.1 Å². The van der Waals surface area contributed by atoms with Gasteiger partial charge in [0.15, 0.2) is 0 Å². The number of ether oxygens (including phenoxy) is 1. The summed E-state index contributed by atoms with van der Waals surface area (Å²) in [7, 11) is 1.90. The fourth-order valence-electron chi connectivity index (χ4n) is 2.06. The van der Waals surface area contributed by atoms with Gasteiger partial charge in [0.2, 0.25) is 0 Å². The quantitative estimate of drug-likeness (QED) is 0.672. The molecule has 0 unspecified atom stereocenters. The van der Waals surface area contributed by atoms with Crippen molar-refractivity contribution in [3.8, 4) is 11.5 Å².